The molecule has 0 radical (unpaired) electrons. The minimum Gasteiger partial charge on any atom is -0.443 e. The molecule has 4 amide bonds. The highest BCUT2D eigenvalue weighted by Gasteiger charge is 2.39. The van der Waals surface area contributed by atoms with Crippen LogP contribution in [-0.4, -0.2) is 57.4 Å². The first kappa shape index (κ1) is 32.0. The molecule has 0 aliphatic carbocycles. The summed E-state index contributed by atoms with van der Waals surface area (Å²) in [6, 6.07) is 5.07. The van der Waals surface area contributed by atoms with E-state index in [-0.39, 0.29) is 17.9 Å². The number of ether oxygens (including phenoxy) is 3. The number of fused-ring (bicyclic) bond motifs is 1. The lowest BCUT2D eigenvalue weighted by Crippen LogP contribution is -2.46. The Kier molecular flexibility index (Phi) is 9.76. The molecule has 0 saturated carbocycles. The zero-order valence-electron chi connectivity index (χ0n) is 24.3. The second-order valence-electron chi connectivity index (χ2n) is 11.9. The van der Waals surface area contributed by atoms with Crippen molar-refractivity contribution in [2.24, 2.45) is 0 Å². The number of hydrogen-bond acceptors (Lipinski definition) is 8. The predicted octanol–water partition coefficient (Wildman–Crippen LogP) is 7.46. The number of anilines is 1. The van der Waals surface area contributed by atoms with Crippen molar-refractivity contribution in [1.29, 1.82) is 0 Å². The Morgan fingerprint density at radius 1 is 0.795 bits per heavy atom. The van der Waals surface area contributed by atoms with Gasteiger partial charge in [0.1, 0.15) is 16.8 Å². The average molecular weight is 609 g/mol. The van der Waals surface area contributed by atoms with Crippen LogP contribution in [-0.2, 0) is 14.2 Å². The first-order valence-electron chi connectivity index (χ1n) is 12.6. The molecule has 0 fully saturated rings. The minimum atomic E-state index is -1.07. The van der Waals surface area contributed by atoms with E-state index >= 15 is 0 Å². The Morgan fingerprint density at radius 3 is 1.74 bits per heavy atom. The zero-order valence-corrected chi connectivity index (χ0v) is 25.9. The standard InChI is InChI=1S/C28H38BrN3O7/c1-11-15-31(23(34)37-26(2,3)4)22(33)20-21(17-13-12-14-19(29)18(17)16-30-20)32(24(35)38-27(5,6)7)25(36)39-28(8,9)10/h12-14,16H,11,15H2,1-10H3. The Hall–Kier alpha value is -3.21. The van der Waals surface area contributed by atoms with Crippen LogP contribution in [0.15, 0.2) is 28.9 Å². The number of carbonyl (C=O) groups excluding carboxylic acids is 4. The van der Waals surface area contributed by atoms with Crippen LogP contribution in [0.2, 0.25) is 0 Å². The van der Waals surface area contributed by atoms with E-state index in [1.807, 2.05) is 0 Å². The lowest BCUT2D eigenvalue weighted by molar-refractivity contribution is 0.0239. The molecule has 1 aromatic carbocycles. The number of carbonyl (C=O) groups is 4. The van der Waals surface area contributed by atoms with E-state index in [2.05, 4.69) is 20.9 Å². The predicted molar refractivity (Wildman–Crippen MR) is 152 cm³/mol. The Bertz CT molecular complexity index is 1230. The third kappa shape index (κ3) is 8.64. The van der Waals surface area contributed by atoms with Gasteiger partial charge in [-0.3, -0.25) is 4.79 Å². The summed E-state index contributed by atoms with van der Waals surface area (Å²) < 4.78 is 17.2. The zero-order chi connectivity index (χ0) is 29.9. The van der Waals surface area contributed by atoms with Crippen molar-refractivity contribution in [3.05, 3.63) is 34.6 Å². The summed E-state index contributed by atoms with van der Waals surface area (Å²) in [7, 11) is 0. The summed E-state index contributed by atoms with van der Waals surface area (Å²) in [5.74, 6) is -0.847. The molecule has 39 heavy (non-hydrogen) atoms. The third-order valence-electron chi connectivity index (χ3n) is 4.74. The summed E-state index contributed by atoms with van der Waals surface area (Å²) in [4.78, 5) is 60.0. The molecule has 2 rings (SSSR count). The number of benzene rings is 1. The van der Waals surface area contributed by atoms with Gasteiger partial charge in [-0.15, -0.1) is 0 Å². The average Bonchev–Trinajstić information content (AvgIpc) is 2.74. The summed E-state index contributed by atoms with van der Waals surface area (Å²) >= 11 is 3.46. The second kappa shape index (κ2) is 11.9. The maximum Gasteiger partial charge on any atom is 0.424 e. The van der Waals surface area contributed by atoms with Gasteiger partial charge in [-0.2, -0.15) is 4.90 Å². The number of pyridine rings is 1. The number of amides is 4. The Balaban J connectivity index is 2.89. The third-order valence-corrected chi connectivity index (χ3v) is 5.43. The van der Waals surface area contributed by atoms with E-state index in [1.165, 1.54) is 6.20 Å². The van der Waals surface area contributed by atoms with Gasteiger partial charge in [0.15, 0.2) is 5.69 Å². The van der Waals surface area contributed by atoms with E-state index in [0.717, 1.165) is 4.90 Å². The lowest BCUT2D eigenvalue weighted by atomic mass is 10.1. The molecule has 0 N–H and O–H groups in total. The van der Waals surface area contributed by atoms with Crippen LogP contribution in [0.5, 0.6) is 0 Å². The van der Waals surface area contributed by atoms with Gasteiger partial charge in [-0.05, 0) is 74.8 Å². The highest BCUT2D eigenvalue weighted by molar-refractivity contribution is 9.10. The minimum absolute atomic E-state index is 0.0181. The van der Waals surface area contributed by atoms with Gasteiger partial charge in [0.2, 0.25) is 0 Å². The highest BCUT2D eigenvalue weighted by Crippen LogP contribution is 2.36. The molecular formula is C28H38BrN3O7. The SMILES string of the molecule is CCCN(C(=O)OC(C)(C)C)C(=O)c1ncc2c(Br)cccc2c1N(C(=O)OC(C)(C)C)C(=O)OC(C)(C)C. The molecule has 0 bridgehead atoms. The van der Waals surface area contributed by atoms with Crippen molar-refractivity contribution >= 4 is 56.6 Å². The van der Waals surface area contributed by atoms with Crippen LogP contribution in [0, 0.1) is 0 Å². The van der Waals surface area contributed by atoms with Gasteiger partial charge in [0.25, 0.3) is 5.91 Å². The fraction of sp³-hybridized carbons (Fsp3) is 0.536. The quantitative estimate of drug-likeness (QED) is 0.329. The number of nitrogens with zero attached hydrogens (tertiary/aromatic N) is 3. The molecule has 214 valence electrons. The van der Waals surface area contributed by atoms with E-state index in [1.54, 1.807) is 87.4 Å². The Labute approximate surface area is 238 Å². The number of rotatable bonds is 4. The largest absolute Gasteiger partial charge is 0.443 e. The molecule has 1 heterocycles. The van der Waals surface area contributed by atoms with Crippen molar-refractivity contribution < 1.29 is 33.4 Å². The second-order valence-corrected chi connectivity index (χ2v) is 12.7. The summed E-state index contributed by atoms with van der Waals surface area (Å²) in [5, 5.41) is 0.848. The van der Waals surface area contributed by atoms with Crippen LogP contribution in [0.1, 0.15) is 86.1 Å². The van der Waals surface area contributed by atoms with Gasteiger partial charge in [0.05, 0.1) is 5.69 Å². The number of aromatic nitrogens is 1. The molecule has 1 aromatic heterocycles. The fourth-order valence-corrected chi connectivity index (χ4v) is 3.86. The number of imide groups is 2. The molecule has 0 aliphatic rings. The lowest BCUT2D eigenvalue weighted by Gasteiger charge is -2.31. The normalized spacial score (nSPS) is 12.1. The number of halogens is 1. The van der Waals surface area contributed by atoms with Crippen LogP contribution in [0.25, 0.3) is 10.8 Å². The smallest absolute Gasteiger partial charge is 0.424 e. The van der Waals surface area contributed by atoms with Crippen molar-refractivity contribution in [1.82, 2.24) is 9.88 Å². The summed E-state index contributed by atoms with van der Waals surface area (Å²) in [6.07, 6.45) is -1.16. The van der Waals surface area contributed by atoms with Crippen molar-refractivity contribution in [2.45, 2.75) is 92.5 Å². The van der Waals surface area contributed by atoms with Crippen LogP contribution in [0.4, 0.5) is 20.1 Å². The molecule has 0 spiro atoms. The molecule has 10 nitrogen and oxygen atoms in total. The van der Waals surface area contributed by atoms with Gasteiger partial charge in [0, 0.05) is 28.0 Å². The van der Waals surface area contributed by atoms with Crippen LogP contribution >= 0.6 is 15.9 Å². The van der Waals surface area contributed by atoms with Crippen molar-refractivity contribution in [3.8, 4) is 0 Å². The van der Waals surface area contributed by atoms with E-state index in [0.29, 0.717) is 26.6 Å². The molecule has 0 unspecified atom stereocenters. The summed E-state index contributed by atoms with van der Waals surface area (Å²) in [5.41, 5.74) is -3.33. The van der Waals surface area contributed by atoms with E-state index < -0.39 is 41.0 Å². The van der Waals surface area contributed by atoms with Crippen LogP contribution in [0.3, 0.4) is 0 Å². The molecule has 0 atom stereocenters. The molecule has 11 heteroatoms. The topological polar surface area (TPSA) is 115 Å². The van der Waals surface area contributed by atoms with Crippen molar-refractivity contribution in [2.75, 3.05) is 11.4 Å². The van der Waals surface area contributed by atoms with Gasteiger partial charge in [-0.1, -0.05) is 35.0 Å². The molecule has 0 saturated heterocycles. The number of hydrogen-bond donors (Lipinski definition) is 0. The Morgan fingerprint density at radius 2 is 1.28 bits per heavy atom. The van der Waals surface area contributed by atoms with E-state index in [4.69, 9.17) is 14.2 Å². The highest BCUT2D eigenvalue weighted by atomic mass is 79.9. The first-order chi connectivity index (χ1) is 17.8. The maximum atomic E-state index is 14.0. The maximum absolute atomic E-state index is 14.0. The molecular weight excluding hydrogens is 570 g/mol. The fourth-order valence-electron chi connectivity index (χ4n) is 3.39. The van der Waals surface area contributed by atoms with Crippen LogP contribution < -0.4 is 4.90 Å². The molecule has 0 aliphatic heterocycles. The molecule has 2 aromatic rings. The monoisotopic (exact) mass is 607 g/mol. The summed E-state index contributed by atoms with van der Waals surface area (Å²) in [6.45, 7) is 16.7. The van der Waals surface area contributed by atoms with Gasteiger partial charge in [-0.25, -0.2) is 24.3 Å². The van der Waals surface area contributed by atoms with Crippen molar-refractivity contribution in [3.63, 3.8) is 0 Å². The van der Waals surface area contributed by atoms with E-state index in [9.17, 15) is 19.2 Å². The van der Waals surface area contributed by atoms with Gasteiger partial charge < -0.3 is 14.2 Å². The van der Waals surface area contributed by atoms with Gasteiger partial charge >= 0.3 is 18.3 Å². The first-order valence-corrected chi connectivity index (χ1v) is 13.4.